The van der Waals surface area contributed by atoms with E-state index in [4.69, 9.17) is 5.11 Å². The molecule has 0 aliphatic carbocycles. The van der Waals surface area contributed by atoms with Crippen LogP contribution < -0.4 is 5.32 Å². The van der Waals surface area contributed by atoms with Gasteiger partial charge in [0.15, 0.2) is 0 Å². The third kappa shape index (κ3) is 21.7. The van der Waals surface area contributed by atoms with Crippen LogP contribution in [-0.4, -0.2) is 23.5 Å². The van der Waals surface area contributed by atoms with E-state index in [9.17, 15) is 9.59 Å². The Bertz CT molecular complexity index is 542. The second-order valence-electron chi connectivity index (χ2n) is 6.48. The predicted octanol–water partition coefficient (Wildman–Crippen LogP) is 5.89. The molecular weight excluding hydrogens is 350 g/mol. The van der Waals surface area contributed by atoms with E-state index in [1.807, 2.05) is 0 Å². The van der Waals surface area contributed by atoms with E-state index >= 15 is 0 Å². The largest absolute Gasteiger partial charge is 0.480 e. The minimum atomic E-state index is -1.01. The second kappa shape index (κ2) is 20.9. The highest BCUT2D eigenvalue weighted by atomic mass is 16.4. The SMILES string of the molecule is CC/C=C\C/C=C\C/C=C\C/C=C\C/C=C\CCCCCC(=O)NCC(=O)O. The molecule has 4 nitrogen and oxygen atoms in total. The number of nitrogens with one attached hydrogen (secondary N) is 1. The lowest BCUT2D eigenvalue weighted by Gasteiger charge is -2.01. The Balaban J connectivity index is 3.47. The Kier molecular flexibility index (Phi) is 19.2. The Labute approximate surface area is 170 Å². The average molecular weight is 388 g/mol. The van der Waals surface area contributed by atoms with Crippen LogP contribution in [0.5, 0.6) is 0 Å². The van der Waals surface area contributed by atoms with Crippen LogP contribution in [0.3, 0.4) is 0 Å². The fraction of sp³-hybridized carbons (Fsp3) is 0.500. The quantitative estimate of drug-likeness (QED) is 0.242. The maximum Gasteiger partial charge on any atom is 0.322 e. The molecule has 0 saturated heterocycles. The summed E-state index contributed by atoms with van der Waals surface area (Å²) in [5, 5.41) is 10.8. The van der Waals surface area contributed by atoms with Crippen LogP contribution in [0.2, 0.25) is 0 Å². The molecule has 0 bridgehead atoms. The molecule has 0 rings (SSSR count). The number of hydrogen-bond acceptors (Lipinski definition) is 2. The first-order chi connectivity index (χ1) is 13.7. The molecule has 0 atom stereocenters. The Morgan fingerprint density at radius 2 is 1.21 bits per heavy atom. The second-order valence-corrected chi connectivity index (χ2v) is 6.48. The van der Waals surface area contributed by atoms with Crippen LogP contribution in [0.4, 0.5) is 0 Å². The first kappa shape index (κ1) is 25.6. The lowest BCUT2D eigenvalue weighted by atomic mass is 10.1. The van der Waals surface area contributed by atoms with Gasteiger partial charge in [0.25, 0.3) is 0 Å². The number of carboxylic acid groups (broad SMARTS) is 1. The molecule has 0 unspecified atom stereocenters. The van der Waals surface area contributed by atoms with Crippen LogP contribution in [0, 0.1) is 0 Å². The van der Waals surface area contributed by atoms with Gasteiger partial charge in [-0.05, 0) is 51.4 Å². The number of carboxylic acids is 1. The van der Waals surface area contributed by atoms with E-state index in [1.165, 1.54) is 0 Å². The summed E-state index contributed by atoms with van der Waals surface area (Å²) in [5.74, 6) is -1.19. The van der Waals surface area contributed by atoms with Gasteiger partial charge in [-0.1, -0.05) is 74.1 Å². The molecule has 28 heavy (non-hydrogen) atoms. The van der Waals surface area contributed by atoms with Crippen molar-refractivity contribution in [2.45, 2.75) is 71.1 Å². The van der Waals surface area contributed by atoms with Crippen molar-refractivity contribution in [1.29, 1.82) is 0 Å². The van der Waals surface area contributed by atoms with Crippen molar-refractivity contribution < 1.29 is 14.7 Å². The third-order valence-electron chi connectivity index (χ3n) is 3.87. The van der Waals surface area contributed by atoms with Crippen LogP contribution in [0.25, 0.3) is 0 Å². The summed E-state index contributed by atoms with van der Waals surface area (Å²) >= 11 is 0. The molecule has 0 fully saturated rings. The third-order valence-corrected chi connectivity index (χ3v) is 3.87. The zero-order valence-corrected chi connectivity index (χ0v) is 17.3. The normalized spacial score (nSPS) is 12.3. The van der Waals surface area contributed by atoms with Gasteiger partial charge in [0.1, 0.15) is 6.54 Å². The fourth-order valence-electron chi connectivity index (χ4n) is 2.36. The molecule has 0 aromatic rings. The first-order valence-corrected chi connectivity index (χ1v) is 10.4. The predicted molar refractivity (Wildman–Crippen MR) is 118 cm³/mol. The highest BCUT2D eigenvalue weighted by Gasteiger charge is 2.02. The Morgan fingerprint density at radius 3 is 1.71 bits per heavy atom. The van der Waals surface area contributed by atoms with Gasteiger partial charge < -0.3 is 10.4 Å². The van der Waals surface area contributed by atoms with E-state index in [-0.39, 0.29) is 12.5 Å². The zero-order chi connectivity index (χ0) is 20.7. The van der Waals surface area contributed by atoms with Crippen molar-refractivity contribution in [3.05, 3.63) is 60.8 Å². The first-order valence-electron chi connectivity index (χ1n) is 10.4. The smallest absolute Gasteiger partial charge is 0.322 e. The summed E-state index contributed by atoms with van der Waals surface area (Å²) in [6.07, 6.45) is 31.2. The highest BCUT2D eigenvalue weighted by Crippen LogP contribution is 2.04. The molecule has 0 aliphatic rings. The summed E-state index contributed by atoms with van der Waals surface area (Å²) < 4.78 is 0. The molecule has 1 amide bonds. The van der Waals surface area contributed by atoms with Crippen molar-refractivity contribution in [3.63, 3.8) is 0 Å². The summed E-state index contributed by atoms with van der Waals surface area (Å²) in [4.78, 5) is 21.6. The molecule has 0 aliphatic heterocycles. The minimum Gasteiger partial charge on any atom is -0.480 e. The summed E-state index contributed by atoms with van der Waals surface area (Å²) in [6.45, 7) is 1.85. The molecule has 0 radical (unpaired) electrons. The molecule has 0 aromatic carbocycles. The summed E-state index contributed by atoms with van der Waals surface area (Å²) in [7, 11) is 0. The number of aliphatic carboxylic acids is 1. The van der Waals surface area contributed by atoms with Gasteiger partial charge in [0, 0.05) is 6.42 Å². The summed E-state index contributed by atoms with van der Waals surface area (Å²) in [6, 6.07) is 0. The van der Waals surface area contributed by atoms with Gasteiger partial charge in [0.2, 0.25) is 5.91 Å². The molecular formula is C24H37NO3. The number of hydrogen-bond donors (Lipinski definition) is 2. The average Bonchev–Trinajstić information content (AvgIpc) is 2.68. The van der Waals surface area contributed by atoms with E-state index < -0.39 is 5.97 Å². The minimum absolute atomic E-state index is 0.183. The lowest BCUT2D eigenvalue weighted by molar-refractivity contribution is -0.137. The number of unbranched alkanes of at least 4 members (excludes halogenated alkanes) is 3. The topological polar surface area (TPSA) is 66.4 Å². The highest BCUT2D eigenvalue weighted by molar-refractivity contribution is 5.80. The number of carbonyl (C=O) groups is 2. The molecule has 0 heterocycles. The van der Waals surface area contributed by atoms with Crippen molar-refractivity contribution >= 4 is 11.9 Å². The summed E-state index contributed by atoms with van der Waals surface area (Å²) in [5.41, 5.74) is 0. The number of carbonyl (C=O) groups excluding carboxylic acids is 1. The van der Waals surface area contributed by atoms with Crippen molar-refractivity contribution in [3.8, 4) is 0 Å². The zero-order valence-electron chi connectivity index (χ0n) is 17.3. The molecule has 0 aromatic heterocycles. The molecule has 156 valence electrons. The fourth-order valence-corrected chi connectivity index (χ4v) is 2.36. The standard InChI is InChI=1S/C24H37NO3/c1-2-3-4-5-6-7-8-9-10-11-12-13-14-15-16-17-18-19-20-21-23(26)25-22-24(27)28/h3-4,6-7,9-10,12-13,15-16H,2,5,8,11,14,17-22H2,1H3,(H,25,26)(H,27,28)/b4-3-,7-6-,10-9-,13-12-,16-15-. The Morgan fingerprint density at radius 1 is 0.714 bits per heavy atom. The van der Waals surface area contributed by atoms with Gasteiger partial charge >= 0.3 is 5.97 Å². The molecule has 2 N–H and O–H groups in total. The van der Waals surface area contributed by atoms with Crippen molar-refractivity contribution in [2.75, 3.05) is 6.54 Å². The maximum atomic E-state index is 11.3. The van der Waals surface area contributed by atoms with Crippen LogP contribution in [0.1, 0.15) is 71.1 Å². The van der Waals surface area contributed by atoms with E-state index in [1.54, 1.807) is 0 Å². The van der Waals surface area contributed by atoms with Gasteiger partial charge in [0.05, 0.1) is 0 Å². The van der Waals surface area contributed by atoms with E-state index in [0.717, 1.165) is 57.8 Å². The van der Waals surface area contributed by atoms with Crippen LogP contribution in [0.15, 0.2) is 60.8 Å². The maximum absolute atomic E-state index is 11.3. The molecule has 0 spiro atoms. The van der Waals surface area contributed by atoms with E-state index in [2.05, 4.69) is 73.0 Å². The van der Waals surface area contributed by atoms with Crippen molar-refractivity contribution in [1.82, 2.24) is 5.32 Å². The molecule has 4 heteroatoms. The van der Waals surface area contributed by atoms with Crippen LogP contribution in [-0.2, 0) is 9.59 Å². The Hall–Kier alpha value is -2.36. The number of rotatable bonds is 17. The monoisotopic (exact) mass is 387 g/mol. The number of allylic oxidation sites excluding steroid dienone is 10. The van der Waals surface area contributed by atoms with Gasteiger partial charge in [-0.15, -0.1) is 0 Å². The van der Waals surface area contributed by atoms with E-state index in [0.29, 0.717) is 6.42 Å². The van der Waals surface area contributed by atoms with Gasteiger partial charge in [-0.25, -0.2) is 0 Å². The van der Waals surface area contributed by atoms with Crippen molar-refractivity contribution in [2.24, 2.45) is 0 Å². The van der Waals surface area contributed by atoms with Crippen LogP contribution >= 0.6 is 0 Å². The lowest BCUT2D eigenvalue weighted by Crippen LogP contribution is -2.28. The van der Waals surface area contributed by atoms with Gasteiger partial charge in [-0.3, -0.25) is 9.59 Å². The molecule has 0 saturated carbocycles. The number of amides is 1. The van der Waals surface area contributed by atoms with Gasteiger partial charge in [-0.2, -0.15) is 0 Å².